The van der Waals surface area contributed by atoms with Gasteiger partial charge in [-0.15, -0.1) is 0 Å². The van der Waals surface area contributed by atoms with Crippen molar-refractivity contribution >= 4 is 0 Å². The van der Waals surface area contributed by atoms with Gasteiger partial charge in [0.1, 0.15) is 0 Å². The minimum atomic E-state index is 0.330. The van der Waals surface area contributed by atoms with Crippen LogP contribution in [0.1, 0.15) is 46.1 Å². The summed E-state index contributed by atoms with van der Waals surface area (Å²) in [5.41, 5.74) is 1.74. The monoisotopic (exact) mass is 219 g/mol. The van der Waals surface area contributed by atoms with Gasteiger partial charge in [-0.25, -0.2) is 0 Å². The lowest BCUT2D eigenvalue weighted by atomic mass is 9.87. The largest absolute Gasteiger partial charge is 0.313 e. The maximum Gasteiger partial charge on any atom is 0.00875 e. The van der Waals surface area contributed by atoms with E-state index in [1.807, 2.05) is 0 Å². The van der Waals surface area contributed by atoms with E-state index in [-0.39, 0.29) is 0 Å². The van der Waals surface area contributed by atoms with Gasteiger partial charge < -0.3 is 5.32 Å². The lowest BCUT2D eigenvalue weighted by Crippen LogP contribution is -2.39. The summed E-state index contributed by atoms with van der Waals surface area (Å²) in [6, 6.07) is 11.2. The van der Waals surface area contributed by atoms with Crippen LogP contribution < -0.4 is 5.32 Å². The second-order valence-electron chi connectivity index (χ2n) is 5.81. The molecule has 1 aromatic carbocycles. The van der Waals surface area contributed by atoms with Crippen LogP contribution in [0, 0.1) is 5.41 Å². The van der Waals surface area contributed by atoms with Gasteiger partial charge in [0, 0.05) is 12.6 Å². The fourth-order valence-corrected chi connectivity index (χ4v) is 1.56. The molecule has 90 valence electrons. The molecule has 0 fully saturated rings. The van der Waals surface area contributed by atoms with E-state index < -0.39 is 0 Å². The second-order valence-corrected chi connectivity index (χ2v) is 5.81. The molecule has 0 aliphatic rings. The van der Waals surface area contributed by atoms with Crippen LogP contribution >= 0.6 is 0 Å². The zero-order valence-electron chi connectivity index (χ0n) is 11.2. The van der Waals surface area contributed by atoms with E-state index in [2.05, 4.69) is 70.3 Å². The first kappa shape index (κ1) is 13.2. The van der Waals surface area contributed by atoms with Crippen molar-refractivity contribution in [3.05, 3.63) is 35.9 Å². The fourth-order valence-electron chi connectivity index (χ4n) is 1.56. The summed E-state index contributed by atoms with van der Waals surface area (Å²) in [7, 11) is 0. The number of hydrogen-bond acceptors (Lipinski definition) is 1. The Hall–Kier alpha value is -0.820. The highest BCUT2D eigenvalue weighted by Crippen LogP contribution is 2.20. The van der Waals surface area contributed by atoms with Crippen LogP contribution in [0.3, 0.4) is 0 Å². The summed E-state index contributed by atoms with van der Waals surface area (Å²) < 4.78 is 0. The van der Waals surface area contributed by atoms with Crippen molar-refractivity contribution in [2.75, 3.05) is 6.54 Å². The minimum Gasteiger partial charge on any atom is -0.313 e. The Morgan fingerprint density at radius 1 is 1.06 bits per heavy atom. The van der Waals surface area contributed by atoms with Crippen LogP contribution in [0.25, 0.3) is 0 Å². The maximum absolute atomic E-state index is 3.62. The first-order valence-electron chi connectivity index (χ1n) is 6.19. The summed E-state index contributed by atoms with van der Waals surface area (Å²) >= 11 is 0. The summed E-state index contributed by atoms with van der Waals surface area (Å²) in [4.78, 5) is 0. The van der Waals surface area contributed by atoms with Crippen molar-refractivity contribution in [3.8, 4) is 0 Å². The van der Waals surface area contributed by atoms with Crippen LogP contribution in [0.5, 0.6) is 0 Å². The van der Waals surface area contributed by atoms with Crippen molar-refractivity contribution < 1.29 is 0 Å². The van der Waals surface area contributed by atoms with Crippen molar-refractivity contribution in [2.45, 2.75) is 46.6 Å². The van der Waals surface area contributed by atoms with E-state index >= 15 is 0 Å². The third-order valence-electron chi connectivity index (χ3n) is 3.40. The topological polar surface area (TPSA) is 12.0 Å². The van der Waals surface area contributed by atoms with E-state index in [4.69, 9.17) is 0 Å². The lowest BCUT2D eigenvalue weighted by molar-refractivity contribution is 0.283. The third kappa shape index (κ3) is 3.97. The van der Waals surface area contributed by atoms with Gasteiger partial charge >= 0.3 is 0 Å². The van der Waals surface area contributed by atoms with Gasteiger partial charge in [-0.05, 0) is 23.8 Å². The van der Waals surface area contributed by atoms with Crippen LogP contribution in [0.4, 0.5) is 0 Å². The van der Waals surface area contributed by atoms with Crippen molar-refractivity contribution in [1.82, 2.24) is 5.32 Å². The smallest absolute Gasteiger partial charge is 0.00875 e. The third-order valence-corrected chi connectivity index (χ3v) is 3.40. The highest BCUT2D eigenvalue weighted by atomic mass is 14.9. The molecule has 1 N–H and O–H groups in total. The summed E-state index contributed by atoms with van der Waals surface area (Å²) in [6.45, 7) is 12.4. The number of rotatable bonds is 4. The van der Waals surface area contributed by atoms with Crippen molar-refractivity contribution in [1.29, 1.82) is 0 Å². The second kappa shape index (κ2) is 5.49. The number of benzene rings is 1. The molecule has 2 unspecified atom stereocenters. The zero-order valence-corrected chi connectivity index (χ0v) is 11.2. The quantitative estimate of drug-likeness (QED) is 0.812. The van der Waals surface area contributed by atoms with E-state index in [1.54, 1.807) is 0 Å². The molecular weight excluding hydrogens is 194 g/mol. The average Bonchev–Trinajstić information content (AvgIpc) is 2.25. The Morgan fingerprint density at radius 3 is 2.12 bits per heavy atom. The van der Waals surface area contributed by atoms with Crippen molar-refractivity contribution in [2.24, 2.45) is 5.41 Å². The van der Waals surface area contributed by atoms with Gasteiger partial charge in [0.15, 0.2) is 0 Å². The summed E-state index contributed by atoms with van der Waals surface area (Å²) in [5.74, 6) is 0.575. The summed E-state index contributed by atoms with van der Waals surface area (Å²) in [5, 5.41) is 3.62. The standard InChI is InChI=1S/C15H25N/c1-12(14-9-7-6-8-10-14)11-16-13(2)15(3,4)5/h6-10,12-13,16H,11H2,1-5H3. The van der Waals surface area contributed by atoms with Crippen LogP contribution in [0.2, 0.25) is 0 Å². The van der Waals surface area contributed by atoms with E-state index in [0.717, 1.165) is 6.54 Å². The Kier molecular flexibility index (Phi) is 4.55. The molecule has 0 spiro atoms. The molecule has 2 atom stereocenters. The predicted octanol–water partition coefficient (Wildman–Crippen LogP) is 3.81. The van der Waals surface area contributed by atoms with Gasteiger partial charge in [0.05, 0.1) is 0 Å². The molecule has 1 aromatic rings. The molecule has 0 saturated carbocycles. The molecule has 16 heavy (non-hydrogen) atoms. The fraction of sp³-hybridized carbons (Fsp3) is 0.600. The maximum atomic E-state index is 3.62. The zero-order chi connectivity index (χ0) is 12.2. The summed E-state index contributed by atoms with van der Waals surface area (Å²) in [6.07, 6.45) is 0. The van der Waals surface area contributed by atoms with E-state index in [0.29, 0.717) is 17.4 Å². The van der Waals surface area contributed by atoms with Crippen LogP contribution in [0.15, 0.2) is 30.3 Å². The Morgan fingerprint density at radius 2 is 1.62 bits per heavy atom. The highest BCUT2D eigenvalue weighted by molar-refractivity contribution is 5.19. The minimum absolute atomic E-state index is 0.330. The van der Waals surface area contributed by atoms with Gasteiger partial charge in [-0.1, -0.05) is 58.0 Å². The van der Waals surface area contributed by atoms with E-state index in [9.17, 15) is 0 Å². The number of hydrogen-bond donors (Lipinski definition) is 1. The molecule has 0 aromatic heterocycles. The highest BCUT2D eigenvalue weighted by Gasteiger charge is 2.19. The molecule has 1 rings (SSSR count). The Labute approximate surface area is 100 Å². The van der Waals surface area contributed by atoms with Crippen LogP contribution in [-0.4, -0.2) is 12.6 Å². The van der Waals surface area contributed by atoms with Gasteiger partial charge in [0.25, 0.3) is 0 Å². The molecule has 0 amide bonds. The number of nitrogens with one attached hydrogen (secondary N) is 1. The molecule has 0 aliphatic heterocycles. The molecule has 0 saturated heterocycles. The first-order chi connectivity index (χ1) is 7.41. The average molecular weight is 219 g/mol. The molecule has 0 bridgehead atoms. The Bertz CT molecular complexity index is 297. The van der Waals surface area contributed by atoms with Gasteiger partial charge in [0.2, 0.25) is 0 Å². The lowest BCUT2D eigenvalue weighted by Gasteiger charge is -2.29. The SMILES string of the molecule is CC(CNC(C)C(C)(C)C)c1ccccc1. The first-order valence-corrected chi connectivity index (χ1v) is 6.19. The van der Waals surface area contributed by atoms with Crippen LogP contribution in [-0.2, 0) is 0 Å². The predicted molar refractivity (Wildman–Crippen MR) is 71.8 cm³/mol. The van der Waals surface area contributed by atoms with Crippen molar-refractivity contribution in [3.63, 3.8) is 0 Å². The molecule has 0 radical (unpaired) electrons. The molecule has 1 heteroatoms. The van der Waals surface area contributed by atoms with E-state index in [1.165, 1.54) is 5.56 Å². The van der Waals surface area contributed by atoms with Gasteiger partial charge in [-0.3, -0.25) is 0 Å². The molecule has 0 aliphatic carbocycles. The molecule has 0 heterocycles. The molecule has 1 nitrogen and oxygen atoms in total. The normalized spacial score (nSPS) is 15.8. The molecular formula is C15H25N. The van der Waals surface area contributed by atoms with Gasteiger partial charge in [-0.2, -0.15) is 0 Å². The Balaban J connectivity index is 2.45.